The van der Waals surface area contributed by atoms with E-state index in [1.54, 1.807) is 6.07 Å². The number of ether oxygens (including phenoxy) is 1. The van der Waals surface area contributed by atoms with Gasteiger partial charge in [-0.25, -0.2) is 8.42 Å². The molecule has 0 saturated carbocycles. The van der Waals surface area contributed by atoms with E-state index < -0.39 is 9.84 Å². The van der Waals surface area contributed by atoms with Crippen LogP contribution in [0.2, 0.25) is 5.02 Å². The first-order chi connectivity index (χ1) is 9.35. The van der Waals surface area contributed by atoms with E-state index in [1.165, 1.54) is 0 Å². The molecule has 0 aliphatic heterocycles. The van der Waals surface area contributed by atoms with Crippen LogP contribution in [0.15, 0.2) is 22.7 Å². The highest BCUT2D eigenvalue weighted by Crippen LogP contribution is 2.28. The summed E-state index contributed by atoms with van der Waals surface area (Å²) < 4.78 is 32.7. The average Bonchev–Trinajstić information content (AvgIpc) is 2.73. The van der Waals surface area contributed by atoms with Gasteiger partial charge in [-0.2, -0.15) is 4.98 Å². The Morgan fingerprint density at radius 3 is 2.80 bits per heavy atom. The number of halogens is 1. The molecule has 1 aromatic heterocycles. The molecular formula is C12H13ClN2O4S. The van der Waals surface area contributed by atoms with Gasteiger partial charge in [-0.1, -0.05) is 28.9 Å². The lowest BCUT2D eigenvalue weighted by molar-refractivity contribution is 0.241. The van der Waals surface area contributed by atoms with E-state index in [0.29, 0.717) is 10.8 Å². The molecule has 0 aliphatic carbocycles. The van der Waals surface area contributed by atoms with Gasteiger partial charge < -0.3 is 9.26 Å². The molecular weight excluding hydrogens is 304 g/mol. The van der Waals surface area contributed by atoms with Crippen molar-refractivity contribution in [1.82, 2.24) is 10.1 Å². The van der Waals surface area contributed by atoms with Crippen LogP contribution in [0, 0.1) is 6.92 Å². The molecule has 0 atom stereocenters. The normalized spacial score (nSPS) is 11.6. The van der Waals surface area contributed by atoms with Crippen LogP contribution in [0.4, 0.5) is 0 Å². The monoisotopic (exact) mass is 316 g/mol. The molecule has 0 saturated heterocycles. The Kier molecular flexibility index (Phi) is 4.29. The van der Waals surface area contributed by atoms with Gasteiger partial charge in [0.05, 0.1) is 5.02 Å². The zero-order valence-electron chi connectivity index (χ0n) is 11.0. The second-order valence-electron chi connectivity index (χ2n) is 4.35. The van der Waals surface area contributed by atoms with Gasteiger partial charge in [0.25, 0.3) is 5.89 Å². The van der Waals surface area contributed by atoms with Gasteiger partial charge in [-0.15, -0.1) is 0 Å². The number of aryl methyl sites for hydroxylation is 1. The fourth-order valence-electron chi connectivity index (χ4n) is 1.58. The molecule has 0 bridgehead atoms. The summed E-state index contributed by atoms with van der Waals surface area (Å²) in [6.07, 6.45) is 1.10. The van der Waals surface area contributed by atoms with Crippen LogP contribution >= 0.6 is 11.6 Å². The minimum Gasteiger partial charge on any atom is -0.482 e. The Hall–Kier alpha value is -1.60. The third-order valence-corrected chi connectivity index (χ3v) is 3.49. The van der Waals surface area contributed by atoms with Gasteiger partial charge in [-0.05, 0) is 18.6 Å². The van der Waals surface area contributed by atoms with Crippen molar-refractivity contribution < 1.29 is 17.7 Å². The molecule has 0 unspecified atom stereocenters. The van der Waals surface area contributed by atoms with Crippen LogP contribution < -0.4 is 4.74 Å². The van der Waals surface area contributed by atoms with E-state index in [-0.39, 0.29) is 24.1 Å². The first-order valence-corrected chi connectivity index (χ1v) is 8.16. The summed E-state index contributed by atoms with van der Waals surface area (Å²) >= 11 is 6.02. The van der Waals surface area contributed by atoms with Gasteiger partial charge in [0.2, 0.25) is 0 Å². The largest absolute Gasteiger partial charge is 0.482 e. The molecule has 0 aliphatic rings. The lowest BCUT2D eigenvalue weighted by Crippen LogP contribution is -2.03. The smallest absolute Gasteiger partial charge is 0.264 e. The predicted octanol–water partition coefficient (Wildman–Crippen LogP) is 2.16. The number of benzene rings is 1. The summed E-state index contributed by atoms with van der Waals surface area (Å²) in [6.45, 7) is 1.89. The fraction of sp³-hybridized carbons (Fsp3) is 0.333. The molecule has 0 fully saturated rings. The van der Waals surface area contributed by atoms with Gasteiger partial charge in [0.1, 0.15) is 11.5 Å². The number of aromatic nitrogens is 2. The SMILES string of the molecule is Cc1cccc(Cl)c1OCc1nc(CS(C)(=O)=O)no1. The highest BCUT2D eigenvalue weighted by atomic mass is 35.5. The Balaban J connectivity index is 2.05. The molecule has 20 heavy (non-hydrogen) atoms. The molecule has 0 radical (unpaired) electrons. The third kappa shape index (κ3) is 3.94. The number of hydrogen-bond acceptors (Lipinski definition) is 6. The number of nitrogens with zero attached hydrogens (tertiary/aromatic N) is 2. The molecule has 108 valence electrons. The van der Waals surface area contributed by atoms with Crippen LogP contribution in [0.5, 0.6) is 5.75 Å². The number of para-hydroxylation sites is 1. The average molecular weight is 317 g/mol. The standard InChI is InChI=1S/C12H13ClN2O4S/c1-8-4-3-5-9(13)12(8)18-6-11-14-10(15-19-11)7-20(2,16)17/h3-5H,6-7H2,1-2H3. The van der Waals surface area contributed by atoms with Gasteiger partial charge in [0, 0.05) is 6.26 Å². The Bertz CT molecular complexity index is 692. The molecule has 1 heterocycles. The maximum absolute atomic E-state index is 11.1. The maximum Gasteiger partial charge on any atom is 0.264 e. The minimum atomic E-state index is -3.19. The second-order valence-corrected chi connectivity index (χ2v) is 6.90. The van der Waals surface area contributed by atoms with Gasteiger partial charge >= 0.3 is 0 Å². The van der Waals surface area contributed by atoms with E-state index in [9.17, 15) is 8.42 Å². The summed E-state index contributed by atoms with van der Waals surface area (Å²) in [4.78, 5) is 3.94. The van der Waals surface area contributed by atoms with Crippen LogP contribution in [0.25, 0.3) is 0 Å². The highest BCUT2D eigenvalue weighted by molar-refractivity contribution is 7.89. The van der Waals surface area contributed by atoms with Crippen molar-refractivity contribution in [3.63, 3.8) is 0 Å². The van der Waals surface area contributed by atoms with Crippen molar-refractivity contribution in [2.24, 2.45) is 0 Å². The lowest BCUT2D eigenvalue weighted by atomic mass is 10.2. The first-order valence-electron chi connectivity index (χ1n) is 5.72. The lowest BCUT2D eigenvalue weighted by Gasteiger charge is -2.08. The second kappa shape index (κ2) is 5.80. The van der Waals surface area contributed by atoms with E-state index >= 15 is 0 Å². The molecule has 1 aromatic carbocycles. The summed E-state index contributed by atoms with van der Waals surface area (Å²) in [5.74, 6) is 0.587. The fourth-order valence-corrected chi connectivity index (χ4v) is 2.44. The van der Waals surface area contributed by atoms with Gasteiger partial charge in [0.15, 0.2) is 22.3 Å². The summed E-state index contributed by atoms with van der Waals surface area (Å²) in [5.41, 5.74) is 0.883. The van der Waals surface area contributed by atoms with Crippen molar-refractivity contribution >= 4 is 21.4 Å². The maximum atomic E-state index is 11.1. The quantitative estimate of drug-likeness (QED) is 0.840. The predicted molar refractivity (Wildman–Crippen MR) is 73.4 cm³/mol. The summed E-state index contributed by atoms with van der Waals surface area (Å²) in [6, 6.07) is 5.40. The zero-order valence-corrected chi connectivity index (χ0v) is 12.5. The Morgan fingerprint density at radius 2 is 2.15 bits per heavy atom. The van der Waals surface area contributed by atoms with Crippen molar-refractivity contribution in [3.05, 3.63) is 40.5 Å². The summed E-state index contributed by atoms with van der Waals surface area (Å²) in [5, 5.41) is 4.07. The number of rotatable bonds is 5. The van der Waals surface area contributed by atoms with E-state index in [2.05, 4.69) is 10.1 Å². The van der Waals surface area contributed by atoms with Crippen LogP contribution in [0.3, 0.4) is 0 Å². The molecule has 0 amide bonds. The topological polar surface area (TPSA) is 82.3 Å². The van der Waals surface area contributed by atoms with Crippen molar-refractivity contribution in [3.8, 4) is 5.75 Å². The van der Waals surface area contributed by atoms with Crippen LogP contribution in [-0.2, 0) is 22.2 Å². The summed E-state index contributed by atoms with van der Waals surface area (Å²) in [7, 11) is -3.19. The molecule has 0 N–H and O–H groups in total. The zero-order chi connectivity index (χ0) is 14.8. The van der Waals surface area contributed by atoms with Crippen molar-refractivity contribution in [1.29, 1.82) is 0 Å². The van der Waals surface area contributed by atoms with E-state index in [0.717, 1.165) is 11.8 Å². The highest BCUT2D eigenvalue weighted by Gasteiger charge is 2.13. The van der Waals surface area contributed by atoms with Crippen LogP contribution in [-0.4, -0.2) is 24.8 Å². The Morgan fingerprint density at radius 1 is 1.40 bits per heavy atom. The van der Waals surface area contributed by atoms with Crippen molar-refractivity contribution in [2.45, 2.75) is 19.3 Å². The molecule has 0 spiro atoms. The van der Waals surface area contributed by atoms with E-state index in [1.807, 2.05) is 19.1 Å². The number of hydrogen-bond donors (Lipinski definition) is 0. The Labute approximate surface area is 121 Å². The minimum absolute atomic E-state index is 0.0291. The molecule has 2 aromatic rings. The number of sulfone groups is 1. The molecule has 8 heteroatoms. The van der Waals surface area contributed by atoms with Crippen molar-refractivity contribution in [2.75, 3.05) is 6.26 Å². The first kappa shape index (κ1) is 14.8. The van der Waals surface area contributed by atoms with Crippen LogP contribution in [0.1, 0.15) is 17.3 Å². The third-order valence-electron chi connectivity index (χ3n) is 2.41. The molecule has 2 rings (SSSR count). The molecule has 6 nitrogen and oxygen atoms in total. The van der Waals surface area contributed by atoms with Gasteiger partial charge in [-0.3, -0.25) is 0 Å². The van der Waals surface area contributed by atoms with E-state index in [4.69, 9.17) is 20.9 Å².